The molecule has 0 amide bonds. The second kappa shape index (κ2) is 3.21. The van der Waals surface area contributed by atoms with E-state index in [2.05, 4.69) is 18.2 Å². The topological polar surface area (TPSA) is 48.1 Å². The normalized spacial score (nSPS) is 28.9. The van der Waals surface area contributed by atoms with Gasteiger partial charge in [-0.1, -0.05) is 13.8 Å². The molecule has 0 aliphatic heterocycles. The van der Waals surface area contributed by atoms with Crippen molar-refractivity contribution in [3.05, 3.63) is 10.9 Å². The van der Waals surface area contributed by atoms with E-state index >= 15 is 0 Å². The van der Waals surface area contributed by atoms with Crippen LogP contribution < -0.4 is 10.5 Å². The number of hydrogen-bond donors (Lipinski definition) is 1. The summed E-state index contributed by atoms with van der Waals surface area (Å²) in [5.74, 6) is 1.91. The van der Waals surface area contributed by atoms with E-state index in [1.54, 1.807) is 7.11 Å². The molecule has 14 heavy (non-hydrogen) atoms. The van der Waals surface area contributed by atoms with Crippen molar-refractivity contribution in [2.24, 2.45) is 17.1 Å². The monoisotopic (exact) mass is 212 g/mol. The third-order valence-electron chi connectivity index (χ3n) is 3.33. The summed E-state index contributed by atoms with van der Waals surface area (Å²) in [6.45, 7) is 5.29. The van der Waals surface area contributed by atoms with E-state index in [9.17, 15) is 0 Å². The van der Waals surface area contributed by atoms with Crippen LogP contribution in [-0.2, 0) is 0 Å². The number of aromatic nitrogens is 1. The number of nitrogens with two attached hydrogens (primary N) is 1. The van der Waals surface area contributed by atoms with Crippen LogP contribution in [0.5, 0.6) is 5.88 Å². The minimum Gasteiger partial charge on any atom is -0.480 e. The van der Waals surface area contributed by atoms with Gasteiger partial charge in [-0.3, -0.25) is 0 Å². The lowest BCUT2D eigenvalue weighted by atomic mass is 10.1. The zero-order valence-electron chi connectivity index (χ0n) is 8.78. The molecule has 1 aromatic rings. The Balaban J connectivity index is 2.18. The summed E-state index contributed by atoms with van der Waals surface area (Å²) in [6, 6.07) is 2.03. The molecule has 1 heterocycles. The van der Waals surface area contributed by atoms with Crippen LogP contribution >= 0.6 is 11.5 Å². The molecule has 2 unspecified atom stereocenters. The third kappa shape index (κ3) is 1.33. The Morgan fingerprint density at radius 2 is 2.36 bits per heavy atom. The second-order valence-corrected chi connectivity index (χ2v) is 5.25. The maximum atomic E-state index is 5.73. The van der Waals surface area contributed by atoms with Crippen LogP contribution in [0.4, 0.5) is 0 Å². The Morgan fingerprint density at radius 3 is 2.79 bits per heavy atom. The average molecular weight is 212 g/mol. The molecule has 1 aliphatic rings. The molecule has 1 fully saturated rings. The second-order valence-electron chi connectivity index (χ2n) is 4.41. The van der Waals surface area contributed by atoms with Crippen molar-refractivity contribution < 1.29 is 4.74 Å². The van der Waals surface area contributed by atoms with Crippen molar-refractivity contribution >= 4 is 11.5 Å². The maximum absolute atomic E-state index is 5.73. The molecule has 2 rings (SSSR count). The summed E-state index contributed by atoms with van der Waals surface area (Å²) < 4.78 is 9.29. The largest absolute Gasteiger partial charge is 0.480 e. The standard InChI is InChI=1S/C10H16N2OS/c1-10(2)6(5-11)9(10)7-4-8(13-3)12-14-7/h4,6,9H,5,11H2,1-3H3. The van der Waals surface area contributed by atoms with Crippen LogP contribution in [0.1, 0.15) is 24.6 Å². The van der Waals surface area contributed by atoms with Gasteiger partial charge in [0.1, 0.15) is 0 Å². The lowest BCUT2D eigenvalue weighted by Gasteiger charge is -1.98. The Morgan fingerprint density at radius 1 is 1.64 bits per heavy atom. The van der Waals surface area contributed by atoms with Gasteiger partial charge in [-0.25, -0.2) is 0 Å². The molecule has 0 saturated heterocycles. The van der Waals surface area contributed by atoms with Gasteiger partial charge >= 0.3 is 0 Å². The summed E-state index contributed by atoms with van der Waals surface area (Å²) in [5.41, 5.74) is 6.07. The molecule has 1 aromatic heterocycles. The Bertz CT molecular complexity index is 335. The van der Waals surface area contributed by atoms with Crippen molar-refractivity contribution in [2.75, 3.05) is 13.7 Å². The van der Waals surface area contributed by atoms with Crippen molar-refractivity contribution in [2.45, 2.75) is 19.8 Å². The van der Waals surface area contributed by atoms with Crippen molar-refractivity contribution in [3.63, 3.8) is 0 Å². The van der Waals surface area contributed by atoms with Crippen molar-refractivity contribution in [1.82, 2.24) is 4.37 Å². The molecule has 2 atom stereocenters. The predicted octanol–water partition coefficient (Wildman–Crippen LogP) is 1.85. The van der Waals surface area contributed by atoms with Gasteiger partial charge < -0.3 is 10.5 Å². The van der Waals surface area contributed by atoms with Gasteiger partial charge in [0.2, 0.25) is 5.88 Å². The van der Waals surface area contributed by atoms with E-state index in [1.165, 1.54) is 16.4 Å². The lowest BCUT2D eigenvalue weighted by molar-refractivity contribution is 0.402. The number of rotatable bonds is 3. The van der Waals surface area contributed by atoms with Crippen LogP contribution in [0.15, 0.2) is 6.07 Å². The zero-order valence-corrected chi connectivity index (χ0v) is 9.60. The summed E-state index contributed by atoms with van der Waals surface area (Å²) in [5, 5.41) is 0. The highest BCUT2D eigenvalue weighted by Crippen LogP contribution is 2.64. The highest BCUT2D eigenvalue weighted by molar-refractivity contribution is 7.06. The molecule has 0 radical (unpaired) electrons. The first kappa shape index (κ1) is 9.93. The van der Waals surface area contributed by atoms with E-state index in [-0.39, 0.29) is 0 Å². The number of nitrogens with zero attached hydrogens (tertiary/aromatic N) is 1. The molecule has 4 heteroatoms. The molecular weight excluding hydrogens is 196 g/mol. The highest BCUT2D eigenvalue weighted by atomic mass is 32.1. The van der Waals surface area contributed by atoms with Gasteiger partial charge in [-0.15, -0.1) is 0 Å². The quantitative estimate of drug-likeness (QED) is 0.831. The highest BCUT2D eigenvalue weighted by Gasteiger charge is 2.58. The van der Waals surface area contributed by atoms with Gasteiger partial charge in [0, 0.05) is 16.9 Å². The van der Waals surface area contributed by atoms with E-state index in [1.807, 2.05) is 6.07 Å². The van der Waals surface area contributed by atoms with Gasteiger partial charge in [-0.2, -0.15) is 4.37 Å². The van der Waals surface area contributed by atoms with E-state index in [0.717, 1.165) is 12.4 Å². The number of methoxy groups -OCH3 is 1. The number of hydrogen-bond acceptors (Lipinski definition) is 4. The Kier molecular flexibility index (Phi) is 2.27. The zero-order chi connectivity index (χ0) is 10.3. The van der Waals surface area contributed by atoms with Crippen LogP contribution in [0.3, 0.4) is 0 Å². The van der Waals surface area contributed by atoms with Gasteiger partial charge in [0.15, 0.2) is 0 Å². The Hall–Kier alpha value is -0.610. The molecule has 0 spiro atoms. The summed E-state index contributed by atoms with van der Waals surface area (Å²) in [7, 11) is 1.65. The fraction of sp³-hybridized carbons (Fsp3) is 0.700. The molecule has 1 saturated carbocycles. The average Bonchev–Trinajstić information content (AvgIpc) is 2.55. The third-order valence-corrected chi connectivity index (χ3v) is 4.18. The van der Waals surface area contributed by atoms with E-state index < -0.39 is 0 Å². The molecular formula is C10H16N2OS. The fourth-order valence-electron chi connectivity index (χ4n) is 2.26. The summed E-state index contributed by atoms with van der Waals surface area (Å²) in [4.78, 5) is 1.31. The van der Waals surface area contributed by atoms with Crippen molar-refractivity contribution in [3.8, 4) is 5.88 Å². The van der Waals surface area contributed by atoms with Crippen LogP contribution in [0.25, 0.3) is 0 Å². The molecule has 1 aliphatic carbocycles. The lowest BCUT2D eigenvalue weighted by Crippen LogP contribution is -2.05. The molecule has 3 nitrogen and oxygen atoms in total. The first-order valence-electron chi connectivity index (χ1n) is 4.82. The SMILES string of the molecule is COc1cc(C2C(CN)C2(C)C)sn1. The van der Waals surface area contributed by atoms with Gasteiger partial charge in [0.05, 0.1) is 7.11 Å². The number of ether oxygens (including phenoxy) is 1. The van der Waals surface area contributed by atoms with Crippen molar-refractivity contribution in [1.29, 1.82) is 0 Å². The maximum Gasteiger partial charge on any atom is 0.225 e. The van der Waals surface area contributed by atoms with Crippen LogP contribution in [-0.4, -0.2) is 18.0 Å². The minimum atomic E-state index is 0.340. The molecule has 2 N–H and O–H groups in total. The summed E-state index contributed by atoms with van der Waals surface area (Å²) in [6.07, 6.45) is 0. The van der Waals surface area contributed by atoms with E-state index in [4.69, 9.17) is 10.5 Å². The van der Waals surface area contributed by atoms with Crippen LogP contribution in [0, 0.1) is 11.3 Å². The smallest absolute Gasteiger partial charge is 0.225 e. The first-order chi connectivity index (χ1) is 6.61. The van der Waals surface area contributed by atoms with Gasteiger partial charge in [-0.05, 0) is 29.4 Å². The molecule has 78 valence electrons. The fourth-order valence-corrected chi connectivity index (χ4v) is 3.32. The minimum absolute atomic E-state index is 0.340. The molecule has 0 aromatic carbocycles. The summed E-state index contributed by atoms with van der Waals surface area (Å²) >= 11 is 1.54. The molecule has 0 bridgehead atoms. The van der Waals surface area contributed by atoms with Crippen LogP contribution in [0.2, 0.25) is 0 Å². The predicted molar refractivity (Wildman–Crippen MR) is 57.7 cm³/mol. The van der Waals surface area contributed by atoms with E-state index in [0.29, 0.717) is 17.3 Å². The Labute approximate surface area is 88.4 Å². The first-order valence-corrected chi connectivity index (χ1v) is 5.59. The van der Waals surface area contributed by atoms with Gasteiger partial charge in [0.25, 0.3) is 0 Å².